The van der Waals surface area contributed by atoms with Crippen molar-refractivity contribution in [1.82, 2.24) is 0 Å². The maximum atomic E-state index is 12.2. The number of carboxylic acid groups (broad SMARTS) is 2. The molecule has 2 aliphatic heterocycles. The SMILES string of the molecule is CCCCC1(CCCC)C(=CC=C2CC(CC)CC(C=CC3=[N+](CCC(=O)O)c4ccc(C(C)C)cc4C3(CCCC)CCCC)=C2Cl)N(CCC(=O)O)c2ccc(C(C)C)cc21.[I-]. The van der Waals surface area contributed by atoms with E-state index in [4.69, 9.17) is 11.6 Å². The molecular weight excluding hydrogens is 927 g/mol. The number of halogens is 2. The second kappa shape index (κ2) is 24.6. The fourth-order valence-corrected chi connectivity index (χ4v) is 11.0. The van der Waals surface area contributed by atoms with Gasteiger partial charge in [-0.05, 0) is 102 Å². The van der Waals surface area contributed by atoms with Crippen LogP contribution in [0, 0.1) is 5.92 Å². The second-order valence-electron chi connectivity index (χ2n) is 19.5. The minimum absolute atomic E-state index is 0. The Balaban J connectivity index is 0.00000898. The van der Waals surface area contributed by atoms with E-state index >= 15 is 0 Å². The lowest BCUT2D eigenvalue weighted by Gasteiger charge is -2.34. The third-order valence-corrected chi connectivity index (χ3v) is 15.0. The Morgan fingerprint density at radius 3 is 1.83 bits per heavy atom. The standard InChI is InChI=1S/C56H79ClN2O4.HI/c1-10-15-29-55(30-16-11-2)46-37-42(39(6)7)19-23-48(46)58(33-27-52(60)61)50(55)25-21-44-35-41(14-5)36-45(54(44)57)22-26-51-56(31-17-12-3,32-18-13-4)47-38-43(40(8)9)20-24-49(47)59(51)34-28-53(62)63;/h19-26,37-41H,10-18,27-36H2,1-9H3,(H-,60,61,62,63);1H. The number of unbranched alkanes of at least 4 members (excludes halogenated alkanes) is 4. The summed E-state index contributed by atoms with van der Waals surface area (Å²) in [6, 6.07) is 13.8. The number of anilines is 1. The summed E-state index contributed by atoms with van der Waals surface area (Å²) in [6.45, 7) is 21.2. The highest BCUT2D eigenvalue weighted by Crippen LogP contribution is 2.55. The molecule has 0 fully saturated rings. The number of fused-ring (bicyclic) bond motifs is 2. The molecule has 64 heavy (non-hydrogen) atoms. The summed E-state index contributed by atoms with van der Waals surface area (Å²) in [5.74, 6) is -0.373. The van der Waals surface area contributed by atoms with Crippen LogP contribution in [0.2, 0.25) is 0 Å². The summed E-state index contributed by atoms with van der Waals surface area (Å²) in [6.07, 6.45) is 24.9. The number of allylic oxidation sites excluding steroid dienone is 8. The number of nitrogens with zero attached hydrogens (tertiary/aromatic N) is 2. The number of rotatable bonds is 24. The second-order valence-corrected chi connectivity index (χ2v) is 19.9. The topological polar surface area (TPSA) is 80.9 Å². The smallest absolute Gasteiger partial charge is 0.309 e. The maximum absolute atomic E-state index is 12.2. The van der Waals surface area contributed by atoms with Crippen LogP contribution in [0.1, 0.15) is 206 Å². The van der Waals surface area contributed by atoms with Crippen molar-refractivity contribution in [3.8, 4) is 0 Å². The van der Waals surface area contributed by atoms with Gasteiger partial charge in [0.05, 0.1) is 11.8 Å². The number of benzene rings is 2. The van der Waals surface area contributed by atoms with E-state index < -0.39 is 11.9 Å². The van der Waals surface area contributed by atoms with Gasteiger partial charge in [-0.25, -0.2) is 0 Å². The van der Waals surface area contributed by atoms with E-state index in [1.54, 1.807) is 0 Å². The Kier molecular flexibility index (Phi) is 20.5. The average Bonchev–Trinajstić information content (AvgIpc) is 3.67. The largest absolute Gasteiger partial charge is 1.00 e. The zero-order valence-corrected chi connectivity index (χ0v) is 43.7. The molecule has 5 rings (SSSR count). The van der Waals surface area contributed by atoms with Crippen LogP contribution in [-0.2, 0) is 20.4 Å². The highest BCUT2D eigenvalue weighted by molar-refractivity contribution is 6.32. The van der Waals surface area contributed by atoms with Gasteiger partial charge in [-0.1, -0.05) is 162 Å². The molecule has 3 aliphatic rings. The molecule has 0 spiro atoms. The lowest BCUT2D eigenvalue weighted by atomic mass is 9.69. The van der Waals surface area contributed by atoms with Crippen LogP contribution >= 0.6 is 11.6 Å². The summed E-state index contributed by atoms with van der Waals surface area (Å²) in [7, 11) is 0. The maximum Gasteiger partial charge on any atom is 0.309 e. The van der Waals surface area contributed by atoms with Crippen molar-refractivity contribution in [2.45, 2.75) is 194 Å². The van der Waals surface area contributed by atoms with Crippen molar-refractivity contribution in [3.63, 3.8) is 0 Å². The predicted octanol–water partition coefficient (Wildman–Crippen LogP) is 12.4. The van der Waals surface area contributed by atoms with Crippen molar-refractivity contribution in [2.75, 3.05) is 18.0 Å². The van der Waals surface area contributed by atoms with Crippen molar-refractivity contribution in [1.29, 1.82) is 0 Å². The number of carbonyl (C=O) groups is 2. The van der Waals surface area contributed by atoms with Gasteiger partial charge in [0.2, 0.25) is 5.69 Å². The van der Waals surface area contributed by atoms with E-state index in [9.17, 15) is 19.8 Å². The van der Waals surface area contributed by atoms with Gasteiger partial charge in [0.25, 0.3) is 0 Å². The summed E-state index contributed by atoms with van der Waals surface area (Å²) >= 11 is 7.63. The molecule has 0 aromatic heterocycles. The summed E-state index contributed by atoms with van der Waals surface area (Å²) < 4.78 is 2.32. The normalized spacial score (nSPS) is 19.1. The lowest BCUT2D eigenvalue weighted by molar-refractivity contribution is -0.436. The van der Waals surface area contributed by atoms with Crippen LogP contribution in [0.4, 0.5) is 11.4 Å². The van der Waals surface area contributed by atoms with Crippen molar-refractivity contribution < 1.29 is 48.4 Å². The molecular formula is C56H80ClIN2O4. The molecule has 0 saturated carbocycles. The first-order chi connectivity index (χ1) is 30.2. The molecule has 2 N–H and O–H groups in total. The number of aliphatic carboxylic acids is 2. The van der Waals surface area contributed by atoms with E-state index in [0.29, 0.717) is 30.8 Å². The Morgan fingerprint density at radius 1 is 0.750 bits per heavy atom. The zero-order valence-electron chi connectivity index (χ0n) is 40.8. The zero-order chi connectivity index (χ0) is 45.9. The molecule has 6 nitrogen and oxygen atoms in total. The first-order valence-electron chi connectivity index (χ1n) is 24.8. The Labute approximate surface area is 409 Å². The molecule has 1 atom stereocenters. The van der Waals surface area contributed by atoms with Crippen molar-refractivity contribution in [3.05, 3.63) is 105 Å². The van der Waals surface area contributed by atoms with Crippen LogP contribution in [0.5, 0.6) is 0 Å². The van der Waals surface area contributed by atoms with Gasteiger partial charge in [-0.15, -0.1) is 0 Å². The third-order valence-electron chi connectivity index (χ3n) is 14.5. The minimum atomic E-state index is -0.785. The minimum Gasteiger partial charge on any atom is -1.00 e. The molecule has 2 heterocycles. The molecule has 8 heteroatoms. The number of hydrogen-bond acceptors (Lipinski definition) is 3. The molecule has 1 aliphatic carbocycles. The van der Waals surface area contributed by atoms with E-state index in [1.165, 1.54) is 33.7 Å². The van der Waals surface area contributed by atoms with E-state index in [2.05, 4.69) is 132 Å². The fourth-order valence-electron chi connectivity index (χ4n) is 10.7. The quantitative estimate of drug-likeness (QED) is 0.0809. The lowest BCUT2D eigenvalue weighted by Crippen LogP contribution is -3.00. The molecule has 1 unspecified atom stereocenters. The van der Waals surface area contributed by atoms with E-state index in [1.807, 2.05) is 0 Å². The van der Waals surface area contributed by atoms with Gasteiger partial charge < -0.3 is 39.1 Å². The molecule has 352 valence electrons. The van der Waals surface area contributed by atoms with Crippen molar-refractivity contribution >= 4 is 40.6 Å². The van der Waals surface area contributed by atoms with Crippen LogP contribution in [0.15, 0.2) is 82.6 Å². The summed E-state index contributed by atoms with van der Waals surface area (Å²) in [5.41, 5.74) is 11.9. The number of carboxylic acids is 2. The van der Waals surface area contributed by atoms with Crippen LogP contribution in [0.25, 0.3) is 0 Å². The number of hydrogen-bond donors (Lipinski definition) is 2. The monoisotopic (exact) mass is 1010 g/mol. The molecule has 2 aromatic carbocycles. The van der Waals surface area contributed by atoms with Gasteiger partial charge in [-0.3, -0.25) is 9.59 Å². The third kappa shape index (κ3) is 11.9. The van der Waals surface area contributed by atoms with E-state index in [-0.39, 0.29) is 47.6 Å². The van der Waals surface area contributed by atoms with Crippen LogP contribution in [-0.4, -0.2) is 45.5 Å². The summed E-state index contributed by atoms with van der Waals surface area (Å²) in [4.78, 5) is 26.6. The van der Waals surface area contributed by atoms with E-state index in [0.717, 1.165) is 124 Å². The van der Waals surface area contributed by atoms with Gasteiger partial charge in [0.1, 0.15) is 6.42 Å². The molecule has 0 saturated heterocycles. The highest BCUT2D eigenvalue weighted by Gasteiger charge is 2.51. The van der Waals surface area contributed by atoms with Gasteiger partial charge in [0, 0.05) is 46.1 Å². The molecule has 0 amide bonds. The van der Waals surface area contributed by atoms with Crippen LogP contribution in [0.3, 0.4) is 0 Å². The average molecular weight is 1010 g/mol. The van der Waals surface area contributed by atoms with Gasteiger partial charge in [0.15, 0.2) is 12.3 Å². The van der Waals surface area contributed by atoms with Crippen LogP contribution < -0.4 is 28.9 Å². The first kappa shape index (κ1) is 53.4. The fraction of sp³-hybridized carbons (Fsp3) is 0.589. The summed E-state index contributed by atoms with van der Waals surface area (Å²) in [5, 5.41) is 20.8. The Hall–Kier alpha value is -3.17. The first-order valence-corrected chi connectivity index (χ1v) is 25.2. The van der Waals surface area contributed by atoms with Crippen molar-refractivity contribution in [2.24, 2.45) is 5.92 Å². The Bertz CT molecular complexity index is 2070. The molecule has 0 radical (unpaired) electrons. The molecule has 0 bridgehead atoms. The molecule has 2 aromatic rings. The van der Waals surface area contributed by atoms with Gasteiger partial charge in [-0.2, -0.15) is 4.58 Å². The van der Waals surface area contributed by atoms with Gasteiger partial charge >= 0.3 is 11.9 Å². The predicted molar refractivity (Wildman–Crippen MR) is 265 cm³/mol. The highest BCUT2D eigenvalue weighted by atomic mass is 127. The Morgan fingerprint density at radius 2 is 1.30 bits per heavy atom.